The van der Waals surface area contributed by atoms with Crippen molar-refractivity contribution in [1.29, 1.82) is 0 Å². The van der Waals surface area contributed by atoms with Gasteiger partial charge in [0.05, 0.1) is 0 Å². The quantitative estimate of drug-likeness (QED) is 0.745. The van der Waals surface area contributed by atoms with Gasteiger partial charge in [-0.3, -0.25) is 4.79 Å². The van der Waals surface area contributed by atoms with Crippen molar-refractivity contribution in [2.75, 3.05) is 0 Å². The Hall–Kier alpha value is -1.64. The van der Waals surface area contributed by atoms with Crippen molar-refractivity contribution in [3.8, 4) is 0 Å². The number of allylic oxidation sites excluding steroid dienone is 1. The summed E-state index contributed by atoms with van der Waals surface area (Å²) in [5, 5.41) is 0. The van der Waals surface area contributed by atoms with Crippen LogP contribution in [-0.2, 0) is 10.2 Å². The van der Waals surface area contributed by atoms with Crippen molar-refractivity contribution < 1.29 is 9.18 Å². The van der Waals surface area contributed by atoms with Crippen LogP contribution in [-0.4, -0.2) is 5.91 Å². The molecule has 0 fully saturated rings. The smallest absolute Gasteiger partial charge is 0.244 e. The standard InChI is InChI=1S/C14H16FNO/c1-8(13(16)17)11-7-14(2,3)12-5-4-9(15)6-10(11)12/h4-6H,7H2,1-3H3,(H2,16,17). The first-order valence-corrected chi connectivity index (χ1v) is 5.63. The number of carbonyl (C=O) groups is 1. The molecule has 0 radical (unpaired) electrons. The number of halogens is 1. The maximum absolute atomic E-state index is 13.3. The minimum Gasteiger partial charge on any atom is -0.366 e. The molecule has 1 amide bonds. The number of hydrogen-bond donors (Lipinski definition) is 1. The summed E-state index contributed by atoms with van der Waals surface area (Å²) in [6.07, 6.45) is 0.723. The average molecular weight is 233 g/mol. The molecule has 3 heteroatoms. The van der Waals surface area contributed by atoms with Gasteiger partial charge >= 0.3 is 0 Å². The fourth-order valence-corrected chi connectivity index (χ4v) is 2.47. The Morgan fingerprint density at radius 2 is 2.06 bits per heavy atom. The van der Waals surface area contributed by atoms with Gasteiger partial charge in [-0.2, -0.15) is 0 Å². The van der Waals surface area contributed by atoms with Gasteiger partial charge in [-0.05, 0) is 47.6 Å². The molecule has 0 aliphatic heterocycles. The normalized spacial score (nSPS) is 20.0. The van der Waals surface area contributed by atoms with Crippen molar-refractivity contribution in [3.05, 3.63) is 40.7 Å². The van der Waals surface area contributed by atoms with E-state index in [0.717, 1.165) is 23.1 Å². The fourth-order valence-electron chi connectivity index (χ4n) is 2.47. The van der Waals surface area contributed by atoms with Crippen LogP contribution in [0.5, 0.6) is 0 Å². The molecule has 2 nitrogen and oxygen atoms in total. The van der Waals surface area contributed by atoms with Gasteiger partial charge in [-0.25, -0.2) is 4.39 Å². The van der Waals surface area contributed by atoms with Crippen LogP contribution in [0.2, 0.25) is 0 Å². The first-order valence-electron chi connectivity index (χ1n) is 5.63. The van der Waals surface area contributed by atoms with Crippen LogP contribution < -0.4 is 5.73 Å². The Labute approximate surface area is 100 Å². The Bertz CT molecular complexity index is 529. The molecule has 0 bridgehead atoms. The molecule has 0 saturated carbocycles. The van der Waals surface area contributed by atoms with Gasteiger partial charge in [-0.1, -0.05) is 19.9 Å². The van der Waals surface area contributed by atoms with Gasteiger partial charge in [-0.15, -0.1) is 0 Å². The van der Waals surface area contributed by atoms with Gasteiger partial charge in [0, 0.05) is 5.57 Å². The van der Waals surface area contributed by atoms with Crippen LogP contribution in [0.25, 0.3) is 5.57 Å². The Morgan fingerprint density at radius 3 is 2.65 bits per heavy atom. The topological polar surface area (TPSA) is 43.1 Å². The predicted octanol–water partition coefficient (Wildman–Crippen LogP) is 2.77. The molecule has 0 unspecified atom stereocenters. The van der Waals surface area contributed by atoms with E-state index in [1.807, 2.05) is 0 Å². The second-order valence-corrected chi connectivity index (χ2v) is 5.22. The molecule has 0 atom stereocenters. The molecule has 1 aliphatic rings. The molecule has 1 aromatic carbocycles. The largest absolute Gasteiger partial charge is 0.366 e. The molecule has 0 spiro atoms. The highest BCUT2D eigenvalue weighted by Gasteiger charge is 2.34. The zero-order valence-corrected chi connectivity index (χ0v) is 10.3. The SMILES string of the molecule is CC(C(N)=O)=C1CC(C)(C)c2ccc(F)cc21. The van der Waals surface area contributed by atoms with E-state index in [1.165, 1.54) is 12.1 Å². The molecular weight excluding hydrogens is 217 g/mol. The lowest BCUT2D eigenvalue weighted by Crippen LogP contribution is -2.14. The lowest BCUT2D eigenvalue weighted by molar-refractivity contribution is -0.114. The van der Waals surface area contributed by atoms with Crippen LogP contribution in [0, 0.1) is 5.82 Å². The summed E-state index contributed by atoms with van der Waals surface area (Å²) in [6, 6.07) is 4.75. The lowest BCUT2D eigenvalue weighted by Gasteiger charge is -2.18. The Morgan fingerprint density at radius 1 is 1.41 bits per heavy atom. The molecule has 0 aromatic heterocycles. The molecule has 2 N–H and O–H groups in total. The van der Waals surface area contributed by atoms with Crippen molar-refractivity contribution >= 4 is 11.5 Å². The highest BCUT2D eigenvalue weighted by atomic mass is 19.1. The first kappa shape index (κ1) is 11.8. The molecule has 1 aromatic rings. The zero-order valence-electron chi connectivity index (χ0n) is 10.3. The van der Waals surface area contributed by atoms with E-state index in [-0.39, 0.29) is 11.2 Å². The highest BCUT2D eigenvalue weighted by Crippen LogP contribution is 2.46. The van der Waals surface area contributed by atoms with Gasteiger partial charge in [0.1, 0.15) is 5.82 Å². The van der Waals surface area contributed by atoms with E-state index < -0.39 is 5.91 Å². The van der Waals surface area contributed by atoms with Gasteiger partial charge in [0.25, 0.3) is 0 Å². The predicted molar refractivity (Wildman–Crippen MR) is 65.8 cm³/mol. The summed E-state index contributed by atoms with van der Waals surface area (Å²) < 4.78 is 13.3. The van der Waals surface area contributed by atoms with Crippen LogP contribution in [0.1, 0.15) is 38.3 Å². The molecule has 0 heterocycles. The third kappa shape index (κ3) is 1.86. The van der Waals surface area contributed by atoms with Crippen molar-refractivity contribution in [3.63, 3.8) is 0 Å². The second kappa shape index (κ2) is 3.69. The van der Waals surface area contributed by atoms with E-state index >= 15 is 0 Å². The van der Waals surface area contributed by atoms with Crippen molar-refractivity contribution in [2.24, 2.45) is 5.73 Å². The number of hydrogen-bond acceptors (Lipinski definition) is 1. The number of carbonyl (C=O) groups excluding carboxylic acids is 1. The molecular formula is C14H16FNO. The number of amides is 1. The zero-order chi connectivity index (χ0) is 12.8. The maximum Gasteiger partial charge on any atom is 0.244 e. The molecule has 2 rings (SSSR count). The van der Waals surface area contributed by atoms with Crippen LogP contribution in [0.3, 0.4) is 0 Å². The van der Waals surface area contributed by atoms with Crippen molar-refractivity contribution in [1.82, 2.24) is 0 Å². The second-order valence-electron chi connectivity index (χ2n) is 5.22. The summed E-state index contributed by atoms with van der Waals surface area (Å²) in [6.45, 7) is 5.88. The number of nitrogens with two attached hydrogens (primary N) is 1. The van der Waals surface area contributed by atoms with E-state index in [2.05, 4.69) is 13.8 Å². The fraction of sp³-hybridized carbons (Fsp3) is 0.357. The van der Waals surface area contributed by atoms with Gasteiger partial charge in [0.2, 0.25) is 5.91 Å². The monoisotopic (exact) mass is 233 g/mol. The summed E-state index contributed by atoms with van der Waals surface area (Å²) in [5.74, 6) is -0.718. The van der Waals surface area contributed by atoms with Gasteiger partial charge < -0.3 is 5.73 Å². The van der Waals surface area contributed by atoms with E-state index in [1.54, 1.807) is 13.0 Å². The van der Waals surface area contributed by atoms with Gasteiger partial charge in [0.15, 0.2) is 0 Å². The lowest BCUT2D eigenvalue weighted by atomic mass is 9.86. The molecule has 90 valence electrons. The molecule has 17 heavy (non-hydrogen) atoms. The third-order valence-electron chi connectivity index (χ3n) is 3.48. The van der Waals surface area contributed by atoms with E-state index in [0.29, 0.717) is 5.57 Å². The number of fused-ring (bicyclic) bond motifs is 1. The van der Waals surface area contributed by atoms with E-state index in [9.17, 15) is 9.18 Å². The highest BCUT2D eigenvalue weighted by molar-refractivity contribution is 6.01. The Kier molecular flexibility index (Phi) is 2.57. The minimum atomic E-state index is -0.437. The van der Waals surface area contributed by atoms with Crippen molar-refractivity contribution in [2.45, 2.75) is 32.6 Å². The number of rotatable bonds is 1. The maximum atomic E-state index is 13.3. The van der Waals surface area contributed by atoms with Crippen LogP contribution in [0.4, 0.5) is 4.39 Å². The summed E-state index contributed by atoms with van der Waals surface area (Å²) in [5.41, 5.74) is 8.54. The first-order chi connectivity index (χ1) is 7.83. The summed E-state index contributed by atoms with van der Waals surface area (Å²) in [4.78, 5) is 11.3. The minimum absolute atomic E-state index is 0.0743. The van der Waals surface area contributed by atoms with E-state index in [4.69, 9.17) is 5.73 Å². The summed E-state index contributed by atoms with van der Waals surface area (Å²) in [7, 11) is 0. The summed E-state index contributed by atoms with van der Waals surface area (Å²) >= 11 is 0. The molecule has 1 aliphatic carbocycles. The van der Waals surface area contributed by atoms with Crippen LogP contribution >= 0.6 is 0 Å². The number of primary amides is 1. The Balaban J connectivity index is 2.69. The molecule has 0 saturated heterocycles. The number of benzene rings is 1. The van der Waals surface area contributed by atoms with Crippen LogP contribution in [0.15, 0.2) is 23.8 Å². The average Bonchev–Trinajstić information content (AvgIpc) is 2.49. The third-order valence-corrected chi connectivity index (χ3v) is 3.48.